The van der Waals surface area contributed by atoms with Gasteiger partial charge in [0.2, 0.25) is 10.0 Å². The Morgan fingerprint density at radius 3 is 2.77 bits per heavy atom. The van der Waals surface area contributed by atoms with Crippen LogP contribution in [0.25, 0.3) is 0 Å². The van der Waals surface area contributed by atoms with E-state index in [1.807, 2.05) is 15.6 Å². The zero-order valence-electron chi connectivity index (χ0n) is 12.6. The Bertz CT molecular complexity index is 650. The smallest absolute Gasteiger partial charge is 0.320 e. The number of hydrogen-bond donors (Lipinski definition) is 1. The minimum atomic E-state index is -3.27. The van der Waals surface area contributed by atoms with Gasteiger partial charge in [-0.05, 0) is 18.9 Å². The van der Waals surface area contributed by atoms with Gasteiger partial charge in [0.05, 0.1) is 24.5 Å². The van der Waals surface area contributed by atoms with Gasteiger partial charge in [0.15, 0.2) is 0 Å². The molecular formula is C13H21N5O3S. The third-order valence-corrected chi connectivity index (χ3v) is 4.80. The van der Waals surface area contributed by atoms with Gasteiger partial charge in [0.1, 0.15) is 0 Å². The van der Waals surface area contributed by atoms with Crippen LogP contribution in [-0.2, 0) is 16.6 Å². The summed E-state index contributed by atoms with van der Waals surface area (Å²) in [5.41, 5.74) is 0.930. The molecule has 8 nitrogen and oxygen atoms in total. The molecule has 1 fully saturated rings. The van der Waals surface area contributed by atoms with Crippen molar-refractivity contribution in [1.29, 1.82) is 0 Å². The topological polar surface area (TPSA) is 87.5 Å². The number of sulfonamides is 1. The third-order valence-electron chi connectivity index (χ3n) is 4.11. The summed E-state index contributed by atoms with van der Waals surface area (Å²) in [5.74, 6) is 0. The van der Waals surface area contributed by atoms with Crippen LogP contribution >= 0.6 is 0 Å². The van der Waals surface area contributed by atoms with Crippen LogP contribution in [0.5, 0.6) is 0 Å². The van der Waals surface area contributed by atoms with Crippen molar-refractivity contribution in [3.63, 3.8) is 0 Å². The van der Waals surface area contributed by atoms with E-state index in [1.165, 1.54) is 0 Å². The van der Waals surface area contributed by atoms with Crippen LogP contribution < -0.4 is 4.72 Å². The lowest BCUT2D eigenvalue weighted by Gasteiger charge is -2.36. The SMILES string of the molecule is CS(=O)(=O)NC[C@@H]1CN(C(=O)N2CCCC2)Cc2ccnn21. The first-order valence-corrected chi connectivity index (χ1v) is 9.34. The Labute approximate surface area is 130 Å². The summed E-state index contributed by atoms with van der Waals surface area (Å²) in [6, 6.07) is 1.73. The molecule has 0 spiro atoms. The van der Waals surface area contributed by atoms with E-state index >= 15 is 0 Å². The number of nitrogens with one attached hydrogen (secondary N) is 1. The summed E-state index contributed by atoms with van der Waals surface area (Å²) in [5, 5.41) is 4.26. The van der Waals surface area contributed by atoms with Crippen LogP contribution in [0.3, 0.4) is 0 Å². The van der Waals surface area contributed by atoms with Crippen molar-refractivity contribution in [3.8, 4) is 0 Å². The lowest BCUT2D eigenvalue weighted by molar-refractivity contribution is 0.136. The van der Waals surface area contributed by atoms with Crippen LogP contribution in [0.4, 0.5) is 4.79 Å². The first-order valence-electron chi connectivity index (χ1n) is 7.45. The van der Waals surface area contributed by atoms with Crippen LogP contribution in [0.1, 0.15) is 24.6 Å². The highest BCUT2D eigenvalue weighted by Crippen LogP contribution is 2.22. The number of amides is 2. The van der Waals surface area contributed by atoms with Crippen molar-refractivity contribution >= 4 is 16.1 Å². The molecule has 0 aromatic carbocycles. The number of urea groups is 1. The number of fused-ring (bicyclic) bond motifs is 1. The first kappa shape index (κ1) is 15.3. The van der Waals surface area contributed by atoms with E-state index in [0.29, 0.717) is 13.1 Å². The maximum Gasteiger partial charge on any atom is 0.320 e. The Balaban J connectivity index is 1.74. The van der Waals surface area contributed by atoms with Gasteiger partial charge in [0, 0.05) is 32.4 Å². The molecule has 1 N–H and O–H groups in total. The van der Waals surface area contributed by atoms with Crippen LogP contribution in [0.15, 0.2) is 12.3 Å². The molecule has 2 aliphatic heterocycles. The Kier molecular flexibility index (Phi) is 4.09. The molecule has 1 saturated heterocycles. The maximum atomic E-state index is 12.6. The van der Waals surface area contributed by atoms with Gasteiger partial charge < -0.3 is 9.80 Å². The molecule has 0 radical (unpaired) electrons. The normalized spacial score (nSPS) is 22.0. The van der Waals surface area contributed by atoms with Crippen LogP contribution in [0, 0.1) is 0 Å². The van der Waals surface area contributed by atoms with Gasteiger partial charge in [-0.15, -0.1) is 0 Å². The first-order chi connectivity index (χ1) is 10.4. The minimum absolute atomic E-state index is 0.0364. The zero-order valence-corrected chi connectivity index (χ0v) is 13.4. The molecule has 1 aromatic rings. The van der Waals surface area contributed by atoms with E-state index in [9.17, 15) is 13.2 Å². The second kappa shape index (κ2) is 5.88. The fraction of sp³-hybridized carbons (Fsp3) is 0.692. The quantitative estimate of drug-likeness (QED) is 0.847. The molecule has 9 heteroatoms. The van der Waals surface area contributed by atoms with Gasteiger partial charge in [-0.3, -0.25) is 4.68 Å². The van der Waals surface area contributed by atoms with E-state index in [0.717, 1.165) is 37.9 Å². The Morgan fingerprint density at radius 2 is 2.09 bits per heavy atom. The number of likely N-dealkylation sites (tertiary alicyclic amines) is 1. The maximum absolute atomic E-state index is 12.6. The predicted molar refractivity (Wildman–Crippen MR) is 80.7 cm³/mol. The van der Waals surface area contributed by atoms with Crippen molar-refractivity contribution < 1.29 is 13.2 Å². The van der Waals surface area contributed by atoms with Crippen LogP contribution in [-0.4, -0.2) is 66.5 Å². The van der Waals surface area contributed by atoms with E-state index < -0.39 is 10.0 Å². The fourth-order valence-corrected chi connectivity index (χ4v) is 3.54. The standard InChI is InChI=1S/C13H21N5O3S/c1-22(20,21)15-8-12-10-17(9-11-4-5-14-18(11)12)13(19)16-6-2-3-7-16/h4-5,12,15H,2-3,6-10H2,1H3/t12-/m1/s1. The number of rotatable bonds is 3. The van der Waals surface area contributed by atoms with E-state index in [-0.39, 0.29) is 18.6 Å². The van der Waals surface area contributed by atoms with E-state index in [4.69, 9.17) is 0 Å². The largest absolute Gasteiger partial charge is 0.325 e. The van der Waals surface area contributed by atoms with Crippen molar-refractivity contribution in [3.05, 3.63) is 18.0 Å². The lowest BCUT2D eigenvalue weighted by atomic mass is 10.2. The summed E-state index contributed by atoms with van der Waals surface area (Å²) in [7, 11) is -3.27. The summed E-state index contributed by atoms with van der Waals surface area (Å²) >= 11 is 0. The molecule has 1 aromatic heterocycles. The molecule has 0 saturated carbocycles. The number of hydrogen-bond acceptors (Lipinski definition) is 4. The molecule has 0 aliphatic carbocycles. The van der Waals surface area contributed by atoms with Gasteiger partial charge >= 0.3 is 6.03 Å². The Morgan fingerprint density at radius 1 is 1.36 bits per heavy atom. The van der Waals surface area contributed by atoms with Gasteiger partial charge in [-0.2, -0.15) is 5.10 Å². The highest BCUT2D eigenvalue weighted by Gasteiger charge is 2.32. The second-order valence-corrected chi connectivity index (χ2v) is 7.73. The van der Waals surface area contributed by atoms with Crippen molar-refractivity contribution in [2.24, 2.45) is 0 Å². The summed E-state index contributed by atoms with van der Waals surface area (Å²) in [6.07, 6.45) is 4.92. The summed E-state index contributed by atoms with van der Waals surface area (Å²) in [6.45, 7) is 2.83. The molecule has 22 heavy (non-hydrogen) atoms. The molecular weight excluding hydrogens is 306 g/mol. The zero-order chi connectivity index (χ0) is 15.7. The molecule has 0 unspecified atom stereocenters. The highest BCUT2D eigenvalue weighted by atomic mass is 32.2. The molecule has 122 valence electrons. The van der Waals surface area contributed by atoms with Gasteiger partial charge in [0.25, 0.3) is 0 Å². The second-order valence-electron chi connectivity index (χ2n) is 5.90. The monoisotopic (exact) mass is 327 g/mol. The molecule has 3 rings (SSSR count). The molecule has 1 atom stereocenters. The average Bonchev–Trinajstić information content (AvgIpc) is 3.13. The predicted octanol–water partition coefficient (Wildman–Crippen LogP) is 0.00480. The number of nitrogens with zero attached hydrogens (tertiary/aromatic N) is 4. The molecule has 2 aliphatic rings. The summed E-state index contributed by atoms with van der Waals surface area (Å²) in [4.78, 5) is 16.2. The molecule has 3 heterocycles. The van der Waals surface area contributed by atoms with Crippen molar-refractivity contribution in [2.75, 3.05) is 32.4 Å². The minimum Gasteiger partial charge on any atom is -0.325 e. The number of carbonyl (C=O) groups excluding carboxylic acids is 1. The van der Waals surface area contributed by atoms with Crippen LogP contribution in [0.2, 0.25) is 0 Å². The highest BCUT2D eigenvalue weighted by molar-refractivity contribution is 7.88. The van der Waals surface area contributed by atoms with Crippen molar-refractivity contribution in [2.45, 2.75) is 25.4 Å². The van der Waals surface area contributed by atoms with Crippen molar-refractivity contribution in [1.82, 2.24) is 24.3 Å². The number of aromatic nitrogens is 2. The lowest BCUT2D eigenvalue weighted by Crippen LogP contribution is -2.49. The third kappa shape index (κ3) is 3.25. The molecule has 0 bridgehead atoms. The average molecular weight is 327 g/mol. The Hall–Kier alpha value is -1.61. The van der Waals surface area contributed by atoms with E-state index in [2.05, 4.69) is 9.82 Å². The van der Waals surface area contributed by atoms with Gasteiger partial charge in [-0.1, -0.05) is 0 Å². The molecule has 2 amide bonds. The van der Waals surface area contributed by atoms with Gasteiger partial charge in [-0.25, -0.2) is 17.9 Å². The summed E-state index contributed by atoms with van der Waals surface area (Å²) < 4.78 is 27.0. The van der Waals surface area contributed by atoms with E-state index in [1.54, 1.807) is 11.1 Å². The fourth-order valence-electron chi connectivity index (χ4n) is 3.04. The number of carbonyl (C=O) groups is 1.